The Bertz CT molecular complexity index is 1110. The fourth-order valence-electron chi connectivity index (χ4n) is 3.17. The first-order valence-electron chi connectivity index (χ1n) is 9.77. The molecule has 0 atom stereocenters. The van der Waals surface area contributed by atoms with E-state index in [1.165, 1.54) is 6.92 Å². The molecule has 0 aliphatic carbocycles. The van der Waals surface area contributed by atoms with Crippen molar-refractivity contribution in [1.82, 2.24) is 10.2 Å². The minimum absolute atomic E-state index is 0.0818. The van der Waals surface area contributed by atoms with Gasteiger partial charge in [-0.05, 0) is 53.8 Å². The van der Waals surface area contributed by atoms with Crippen LogP contribution in [-0.4, -0.2) is 29.0 Å². The number of hydrogen-bond acceptors (Lipinski definition) is 4. The van der Waals surface area contributed by atoms with E-state index in [2.05, 4.69) is 36.3 Å². The van der Waals surface area contributed by atoms with Gasteiger partial charge in [0.2, 0.25) is 0 Å². The van der Waals surface area contributed by atoms with Crippen LogP contribution in [0.15, 0.2) is 42.5 Å². The number of hydrogen-bond donors (Lipinski definition) is 2. The summed E-state index contributed by atoms with van der Waals surface area (Å²) in [4.78, 5) is 24.6. The standard InChI is InChI=1S/C24H27N3O3/c1-14-7-9-17(12-18(14)21-13-20(15(2)28)26-27-21)25-23(29)19-11-16(24(3,4)5)8-10-22(19)30-6/h7-13H,1-6H3,(H,25,29)(H,26,27). The molecule has 0 fully saturated rings. The molecule has 0 aliphatic heterocycles. The lowest BCUT2D eigenvalue weighted by Crippen LogP contribution is -2.17. The van der Waals surface area contributed by atoms with E-state index in [9.17, 15) is 9.59 Å². The van der Waals surface area contributed by atoms with Gasteiger partial charge in [0.25, 0.3) is 5.91 Å². The van der Waals surface area contributed by atoms with Crippen molar-refractivity contribution in [3.05, 3.63) is 64.8 Å². The third kappa shape index (κ3) is 4.43. The molecular formula is C24H27N3O3. The van der Waals surface area contributed by atoms with E-state index in [0.29, 0.717) is 28.4 Å². The number of benzene rings is 2. The summed E-state index contributed by atoms with van der Waals surface area (Å²) in [6.45, 7) is 9.74. The average molecular weight is 405 g/mol. The number of ketones is 1. The summed E-state index contributed by atoms with van der Waals surface area (Å²) in [5.41, 5.74) is 5.00. The molecule has 1 aromatic heterocycles. The van der Waals surface area contributed by atoms with Gasteiger partial charge in [0.05, 0.1) is 18.4 Å². The Hall–Kier alpha value is -3.41. The topological polar surface area (TPSA) is 84.1 Å². The average Bonchev–Trinajstić information content (AvgIpc) is 3.18. The Morgan fingerprint density at radius 3 is 2.40 bits per heavy atom. The number of methoxy groups -OCH3 is 1. The molecule has 0 unspecified atom stereocenters. The molecule has 0 saturated heterocycles. The van der Waals surface area contributed by atoms with Gasteiger partial charge in [0, 0.05) is 18.2 Å². The van der Waals surface area contributed by atoms with Gasteiger partial charge in [-0.25, -0.2) is 0 Å². The van der Waals surface area contributed by atoms with Crippen LogP contribution in [0.2, 0.25) is 0 Å². The van der Waals surface area contributed by atoms with E-state index in [1.807, 2.05) is 43.3 Å². The van der Waals surface area contributed by atoms with Crippen molar-refractivity contribution in [3.63, 3.8) is 0 Å². The molecule has 3 aromatic rings. The van der Waals surface area contributed by atoms with Gasteiger partial charge in [0.1, 0.15) is 11.4 Å². The van der Waals surface area contributed by atoms with Crippen LogP contribution in [0.3, 0.4) is 0 Å². The van der Waals surface area contributed by atoms with Crippen molar-refractivity contribution >= 4 is 17.4 Å². The fourth-order valence-corrected chi connectivity index (χ4v) is 3.17. The highest BCUT2D eigenvalue weighted by atomic mass is 16.5. The van der Waals surface area contributed by atoms with Crippen molar-refractivity contribution < 1.29 is 14.3 Å². The normalized spacial score (nSPS) is 11.3. The number of ether oxygens (including phenoxy) is 1. The predicted octanol–water partition coefficient (Wildman–Crippen LogP) is 5.15. The summed E-state index contributed by atoms with van der Waals surface area (Å²) in [7, 11) is 1.55. The summed E-state index contributed by atoms with van der Waals surface area (Å²) < 4.78 is 5.40. The predicted molar refractivity (Wildman–Crippen MR) is 118 cm³/mol. The van der Waals surface area contributed by atoms with Crippen LogP contribution in [-0.2, 0) is 5.41 Å². The van der Waals surface area contributed by atoms with Crippen molar-refractivity contribution in [2.75, 3.05) is 12.4 Å². The molecule has 30 heavy (non-hydrogen) atoms. The van der Waals surface area contributed by atoms with E-state index < -0.39 is 0 Å². The second-order valence-electron chi connectivity index (χ2n) is 8.37. The summed E-state index contributed by atoms with van der Waals surface area (Å²) in [6, 6.07) is 13.0. The number of Topliss-reactive ketones (excluding diaryl/α,β-unsaturated/α-hetero) is 1. The summed E-state index contributed by atoms with van der Waals surface area (Å²) in [6.07, 6.45) is 0. The Morgan fingerprint density at radius 1 is 1.07 bits per heavy atom. The Morgan fingerprint density at radius 2 is 1.80 bits per heavy atom. The molecular weight excluding hydrogens is 378 g/mol. The number of nitrogens with zero attached hydrogens (tertiary/aromatic N) is 1. The van der Waals surface area contributed by atoms with Crippen LogP contribution in [0, 0.1) is 6.92 Å². The first kappa shape index (κ1) is 21.3. The highest BCUT2D eigenvalue weighted by Crippen LogP contribution is 2.30. The quantitative estimate of drug-likeness (QED) is 0.575. The molecule has 0 aliphatic rings. The second kappa shape index (κ2) is 8.14. The molecule has 2 aromatic carbocycles. The highest BCUT2D eigenvalue weighted by molar-refractivity contribution is 6.06. The zero-order valence-electron chi connectivity index (χ0n) is 18.2. The number of nitrogens with one attached hydrogen (secondary N) is 2. The maximum atomic E-state index is 13.0. The Labute approximate surface area is 176 Å². The number of rotatable bonds is 5. The van der Waals surface area contributed by atoms with Crippen LogP contribution < -0.4 is 10.1 Å². The van der Waals surface area contributed by atoms with Gasteiger partial charge in [-0.3, -0.25) is 14.7 Å². The number of aromatic amines is 1. The smallest absolute Gasteiger partial charge is 0.259 e. The molecule has 1 heterocycles. The SMILES string of the molecule is COc1ccc(C(C)(C)C)cc1C(=O)Nc1ccc(C)c(-c2cc(C(C)=O)[nH]n2)c1. The number of aromatic nitrogens is 2. The molecule has 6 heteroatoms. The molecule has 156 valence electrons. The highest BCUT2D eigenvalue weighted by Gasteiger charge is 2.20. The molecule has 1 amide bonds. The van der Waals surface area contributed by atoms with Crippen LogP contribution in [0.5, 0.6) is 5.75 Å². The lowest BCUT2D eigenvalue weighted by molar-refractivity contribution is 0.100. The summed E-state index contributed by atoms with van der Waals surface area (Å²) in [5.74, 6) is 0.187. The van der Waals surface area contributed by atoms with Crippen molar-refractivity contribution in [1.29, 1.82) is 0 Å². The Balaban J connectivity index is 1.93. The van der Waals surface area contributed by atoms with Crippen LogP contribution >= 0.6 is 0 Å². The molecule has 0 spiro atoms. The lowest BCUT2D eigenvalue weighted by atomic mass is 9.86. The van der Waals surface area contributed by atoms with E-state index in [0.717, 1.165) is 16.7 Å². The van der Waals surface area contributed by atoms with Crippen LogP contribution in [0.1, 0.15) is 59.7 Å². The number of amides is 1. The van der Waals surface area contributed by atoms with Crippen molar-refractivity contribution in [3.8, 4) is 17.0 Å². The van der Waals surface area contributed by atoms with Gasteiger partial charge in [-0.2, -0.15) is 5.10 Å². The number of carbonyl (C=O) groups is 2. The van der Waals surface area contributed by atoms with Gasteiger partial charge in [-0.1, -0.05) is 32.9 Å². The zero-order chi connectivity index (χ0) is 22.1. The van der Waals surface area contributed by atoms with E-state index in [-0.39, 0.29) is 17.1 Å². The monoisotopic (exact) mass is 405 g/mol. The van der Waals surface area contributed by atoms with Gasteiger partial charge < -0.3 is 10.1 Å². The maximum absolute atomic E-state index is 13.0. The molecule has 2 N–H and O–H groups in total. The van der Waals surface area contributed by atoms with E-state index in [1.54, 1.807) is 13.2 Å². The number of aryl methyl sites for hydroxylation is 1. The third-order valence-electron chi connectivity index (χ3n) is 5.04. The minimum atomic E-state index is -0.251. The first-order valence-corrected chi connectivity index (χ1v) is 9.77. The first-order chi connectivity index (χ1) is 14.1. The summed E-state index contributed by atoms with van der Waals surface area (Å²) >= 11 is 0. The van der Waals surface area contributed by atoms with Crippen LogP contribution in [0.4, 0.5) is 5.69 Å². The largest absolute Gasteiger partial charge is 0.496 e. The molecule has 0 radical (unpaired) electrons. The second-order valence-corrected chi connectivity index (χ2v) is 8.37. The number of carbonyl (C=O) groups excluding carboxylic acids is 2. The molecule has 3 rings (SSSR count). The molecule has 0 bridgehead atoms. The van der Waals surface area contributed by atoms with Crippen molar-refractivity contribution in [2.24, 2.45) is 0 Å². The lowest BCUT2D eigenvalue weighted by Gasteiger charge is -2.21. The molecule has 6 nitrogen and oxygen atoms in total. The number of H-pyrrole nitrogens is 1. The fraction of sp³-hybridized carbons (Fsp3) is 0.292. The minimum Gasteiger partial charge on any atom is -0.496 e. The van der Waals surface area contributed by atoms with E-state index in [4.69, 9.17) is 4.74 Å². The third-order valence-corrected chi connectivity index (χ3v) is 5.04. The summed E-state index contributed by atoms with van der Waals surface area (Å²) in [5, 5.41) is 9.94. The van der Waals surface area contributed by atoms with Gasteiger partial charge in [-0.15, -0.1) is 0 Å². The molecule has 0 saturated carbocycles. The van der Waals surface area contributed by atoms with Gasteiger partial charge in [0.15, 0.2) is 5.78 Å². The van der Waals surface area contributed by atoms with Crippen LogP contribution in [0.25, 0.3) is 11.3 Å². The zero-order valence-corrected chi connectivity index (χ0v) is 18.2. The van der Waals surface area contributed by atoms with Gasteiger partial charge >= 0.3 is 0 Å². The number of anilines is 1. The maximum Gasteiger partial charge on any atom is 0.259 e. The van der Waals surface area contributed by atoms with E-state index >= 15 is 0 Å². The Kier molecular flexibility index (Phi) is 5.78. The van der Waals surface area contributed by atoms with Crippen molar-refractivity contribution in [2.45, 2.75) is 40.0 Å².